The predicted octanol–water partition coefficient (Wildman–Crippen LogP) is 1.58. The molecule has 9 heteroatoms. The van der Waals surface area contributed by atoms with Gasteiger partial charge in [0, 0.05) is 31.1 Å². The molecule has 1 aromatic carbocycles. The van der Waals surface area contributed by atoms with Crippen molar-refractivity contribution in [3.05, 3.63) is 58.8 Å². The van der Waals surface area contributed by atoms with Crippen molar-refractivity contribution in [3.8, 4) is 0 Å². The summed E-state index contributed by atoms with van der Waals surface area (Å²) >= 11 is 0. The van der Waals surface area contributed by atoms with Gasteiger partial charge < -0.3 is 9.80 Å². The summed E-state index contributed by atoms with van der Waals surface area (Å²) in [6, 6.07) is 10.1. The third kappa shape index (κ3) is 3.90. The fourth-order valence-electron chi connectivity index (χ4n) is 4.47. The van der Waals surface area contributed by atoms with Gasteiger partial charge in [-0.15, -0.1) is 0 Å². The molecule has 5 rings (SSSR count). The Kier molecular flexibility index (Phi) is 5.24. The van der Waals surface area contributed by atoms with E-state index in [4.69, 9.17) is 0 Å². The van der Waals surface area contributed by atoms with Gasteiger partial charge in [0.15, 0.2) is 0 Å². The van der Waals surface area contributed by atoms with E-state index >= 15 is 0 Å². The highest BCUT2D eigenvalue weighted by atomic mass is 16.2. The number of nitrogens with zero attached hydrogens (tertiary/aromatic N) is 5. The number of hydrogen-bond acceptors (Lipinski definition) is 5. The van der Waals surface area contributed by atoms with Crippen LogP contribution >= 0.6 is 0 Å². The lowest BCUT2D eigenvalue weighted by Gasteiger charge is -2.36. The Morgan fingerprint density at radius 2 is 1.72 bits per heavy atom. The average molecular weight is 435 g/mol. The smallest absolute Gasteiger partial charge is 0.332 e. The highest BCUT2D eigenvalue weighted by Gasteiger charge is 2.41. The van der Waals surface area contributed by atoms with Crippen molar-refractivity contribution >= 4 is 23.5 Å². The first-order chi connectivity index (χ1) is 15.5. The number of hydrogen-bond donors (Lipinski definition) is 0. The molecular weight excluding hydrogens is 410 g/mol. The molecule has 0 unspecified atom stereocenters. The molecule has 2 aromatic rings. The first kappa shape index (κ1) is 20.4. The number of rotatable bonds is 5. The van der Waals surface area contributed by atoms with Gasteiger partial charge in [-0.2, -0.15) is 0 Å². The summed E-state index contributed by atoms with van der Waals surface area (Å²) in [6.07, 6.45) is 4.80. The van der Waals surface area contributed by atoms with E-state index in [1.807, 2.05) is 6.07 Å². The van der Waals surface area contributed by atoms with Crippen LogP contribution in [0, 0.1) is 0 Å². The number of anilines is 1. The van der Waals surface area contributed by atoms with Crippen LogP contribution in [-0.2, 0) is 16.1 Å². The van der Waals surface area contributed by atoms with Crippen molar-refractivity contribution in [3.63, 3.8) is 0 Å². The summed E-state index contributed by atoms with van der Waals surface area (Å²) in [5, 5.41) is 0. The highest BCUT2D eigenvalue weighted by molar-refractivity contribution is 6.19. The second kappa shape index (κ2) is 8.22. The minimum Gasteiger partial charge on any atom is -0.341 e. The lowest BCUT2D eigenvalue weighted by Crippen LogP contribution is -2.49. The fourth-order valence-corrected chi connectivity index (χ4v) is 4.47. The molecule has 0 bridgehead atoms. The molecule has 0 spiro atoms. The number of aromatic nitrogens is 2. The van der Waals surface area contributed by atoms with Gasteiger partial charge in [0.05, 0.1) is 17.7 Å². The zero-order valence-electron chi connectivity index (χ0n) is 17.7. The van der Waals surface area contributed by atoms with E-state index in [-0.39, 0.29) is 42.5 Å². The number of likely N-dealkylation sites (tertiary alicyclic amines) is 1. The van der Waals surface area contributed by atoms with Gasteiger partial charge in [-0.25, -0.2) is 14.7 Å². The van der Waals surface area contributed by atoms with Crippen molar-refractivity contribution < 1.29 is 14.4 Å². The van der Waals surface area contributed by atoms with Crippen molar-refractivity contribution in [2.24, 2.45) is 0 Å². The molecule has 166 valence electrons. The Bertz CT molecular complexity index is 1100. The molecule has 1 aliphatic carbocycles. The molecule has 3 fully saturated rings. The minimum atomic E-state index is -0.306. The third-order valence-corrected chi connectivity index (χ3v) is 6.47. The molecule has 0 radical (unpaired) electrons. The van der Waals surface area contributed by atoms with E-state index in [2.05, 4.69) is 4.98 Å². The summed E-state index contributed by atoms with van der Waals surface area (Å²) in [6.45, 7) is 0.982. The first-order valence-corrected chi connectivity index (χ1v) is 11.0. The third-order valence-electron chi connectivity index (χ3n) is 6.47. The number of carbonyl (C=O) groups is 3. The molecule has 2 aliphatic heterocycles. The van der Waals surface area contributed by atoms with Crippen LogP contribution in [0.5, 0.6) is 0 Å². The van der Waals surface area contributed by atoms with Crippen LogP contribution in [0.25, 0.3) is 0 Å². The second-order valence-electron chi connectivity index (χ2n) is 8.64. The lowest BCUT2D eigenvalue weighted by molar-refractivity contribution is -0.133. The Morgan fingerprint density at radius 3 is 2.38 bits per heavy atom. The van der Waals surface area contributed by atoms with Gasteiger partial charge in [-0.3, -0.25) is 19.0 Å². The molecule has 32 heavy (non-hydrogen) atoms. The monoisotopic (exact) mass is 435 g/mol. The van der Waals surface area contributed by atoms with Crippen LogP contribution in [0.2, 0.25) is 0 Å². The van der Waals surface area contributed by atoms with Gasteiger partial charge in [0.1, 0.15) is 13.1 Å². The number of imide groups is 1. The standard InChI is InChI=1S/C23H25N5O4/c29-20-12-19(16-6-7-16)24-15-26(20)13-21(30)25-10-8-17(9-11-25)27-14-22(31)28(23(27)32)18-4-2-1-3-5-18/h1-5,12,15-17H,6-11,13-14H2. The molecule has 1 saturated carbocycles. The number of benzene rings is 1. The normalized spacial score (nSPS) is 19.7. The number of piperidine rings is 1. The number of urea groups is 1. The lowest BCUT2D eigenvalue weighted by atomic mass is 10.0. The maximum absolute atomic E-state index is 12.9. The summed E-state index contributed by atoms with van der Waals surface area (Å²) in [4.78, 5) is 59.3. The first-order valence-electron chi connectivity index (χ1n) is 11.0. The Morgan fingerprint density at radius 1 is 1.00 bits per heavy atom. The highest BCUT2D eigenvalue weighted by Crippen LogP contribution is 2.38. The van der Waals surface area contributed by atoms with Gasteiger partial charge >= 0.3 is 6.03 Å². The second-order valence-corrected chi connectivity index (χ2v) is 8.64. The zero-order chi connectivity index (χ0) is 22.2. The Hall–Kier alpha value is -3.49. The molecule has 2 saturated heterocycles. The molecule has 9 nitrogen and oxygen atoms in total. The maximum atomic E-state index is 12.9. The molecule has 0 N–H and O–H groups in total. The van der Waals surface area contributed by atoms with Gasteiger partial charge in [-0.1, -0.05) is 18.2 Å². The molecular formula is C23H25N5O4. The summed E-state index contributed by atoms with van der Waals surface area (Å²) < 4.78 is 1.35. The van der Waals surface area contributed by atoms with Crippen molar-refractivity contribution in [2.45, 2.75) is 44.2 Å². The largest absolute Gasteiger partial charge is 0.341 e. The average Bonchev–Trinajstić information content (AvgIpc) is 3.61. The molecule has 4 amide bonds. The SMILES string of the molecule is O=C(Cn1cnc(C2CC2)cc1=O)N1CCC(N2CC(=O)N(c3ccccc3)C2=O)CC1. The van der Waals surface area contributed by atoms with Crippen LogP contribution in [0.4, 0.5) is 10.5 Å². The fraction of sp³-hybridized carbons (Fsp3) is 0.435. The molecule has 1 aromatic heterocycles. The van der Waals surface area contributed by atoms with E-state index in [9.17, 15) is 19.2 Å². The maximum Gasteiger partial charge on any atom is 0.332 e. The summed E-state index contributed by atoms with van der Waals surface area (Å²) in [5.41, 5.74) is 1.19. The van der Waals surface area contributed by atoms with E-state index in [0.29, 0.717) is 37.5 Å². The zero-order valence-corrected chi connectivity index (χ0v) is 17.7. The number of carbonyl (C=O) groups excluding carboxylic acids is 3. The van der Waals surface area contributed by atoms with E-state index < -0.39 is 0 Å². The van der Waals surface area contributed by atoms with E-state index in [1.165, 1.54) is 21.9 Å². The van der Waals surface area contributed by atoms with Crippen LogP contribution in [0.15, 0.2) is 47.5 Å². The minimum absolute atomic E-state index is 0.0373. The quantitative estimate of drug-likeness (QED) is 0.665. The predicted molar refractivity (Wildman–Crippen MR) is 116 cm³/mol. The number of para-hydroxylation sites is 1. The Labute approximate surface area is 185 Å². The van der Waals surface area contributed by atoms with Crippen LogP contribution in [0.1, 0.15) is 37.3 Å². The molecule has 3 aliphatic rings. The topological polar surface area (TPSA) is 95.8 Å². The summed E-state index contributed by atoms with van der Waals surface area (Å²) in [7, 11) is 0. The molecule has 3 heterocycles. The number of amides is 4. The Balaban J connectivity index is 1.18. The molecule has 0 atom stereocenters. The van der Waals surface area contributed by atoms with Crippen LogP contribution in [0.3, 0.4) is 0 Å². The van der Waals surface area contributed by atoms with Gasteiger partial charge in [0.2, 0.25) is 5.91 Å². The van der Waals surface area contributed by atoms with E-state index in [1.54, 1.807) is 34.1 Å². The summed E-state index contributed by atoms with van der Waals surface area (Å²) in [5.74, 6) is 0.0209. The van der Waals surface area contributed by atoms with Crippen LogP contribution in [-0.4, -0.2) is 62.9 Å². The van der Waals surface area contributed by atoms with Gasteiger partial charge in [-0.05, 0) is 37.8 Å². The van der Waals surface area contributed by atoms with E-state index in [0.717, 1.165) is 18.5 Å². The van der Waals surface area contributed by atoms with Crippen molar-refractivity contribution in [1.29, 1.82) is 0 Å². The van der Waals surface area contributed by atoms with Gasteiger partial charge in [0.25, 0.3) is 11.5 Å². The van der Waals surface area contributed by atoms with Crippen molar-refractivity contribution in [2.75, 3.05) is 24.5 Å². The van der Waals surface area contributed by atoms with Crippen molar-refractivity contribution in [1.82, 2.24) is 19.4 Å². The van der Waals surface area contributed by atoms with Crippen LogP contribution < -0.4 is 10.5 Å².